The number of aromatic nitrogens is 2. The molecule has 1 aromatic carbocycles. The number of rotatable bonds is 4. The molecule has 0 saturated carbocycles. The van der Waals surface area contributed by atoms with Gasteiger partial charge in [-0.15, -0.1) is 0 Å². The molecule has 1 aromatic heterocycles. The number of benzene rings is 1. The van der Waals surface area contributed by atoms with E-state index in [0.717, 1.165) is 24.0 Å². The summed E-state index contributed by atoms with van der Waals surface area (Å²) in [6.45, 7) is 1.29. The molecule has 0 amide bonds. The van der Waals surface area contributed by atoms with Crippen LogP contribution in [0.2, 0.25) is 0 Å². The molecule has 1 aliphatic rings. The molecule has 1 aliphatic heterocycles. The van der Waals surface area contributed by atoms with Gasteiger partial charge in [0.1, 0.15) is 5.78 Å². The Hall–Kier alpha value is -1.94. The topological polar surface area (TPSA) is 44.1 Å². The zero-order valence-corrected chi connectivity index (χ0v) is 12.3. The van der Waals surface area contributed by atoms with E-state index in [-0.39, 0.29) is 5.78 Å². The maximum absolute atomic E-state index is 13.0. The largest absolute Gasteiger partial charge is 0.381 e. The predicted molar refractivity (Wildman–Crippen MR) is 80.1 cm³/mol. The molecule has 4 nitrogen and oxygen atoms in total. The van der Waals surface area contributed by atoms with Gasteiger partial charge in [-0.1, -0.05) is 30.3 Å². The van der Waals surface area contributed by atoms with Crippen LogP contribution in [0.4, 0.5) is 0 Å². The van der Waals surface area contributed by atoms with Gasteiger partial charge in [0.15, 0.2) is 0 Å². The van der Waals surface area contributed by atoms with Crippen molar-refractivity contribution < 1.29 is 9.53 Å². The summed E-state index contributed by atoms with van der Waals surface area (Å²) in [6.07, 6.45) is 5.64. The highest BCUT2D eigenvalue weighted by atomic mass is 16.5. The van der Waals surface area contributed by atoms with Gasteiger partial charge in [0.2, 0.25) is 0 Å². The minimum atomic E-state index is -0.407. The Morgan fingerprint density at radius 2 is 2.00 bits per heavy atom. The van der Waals surface area contributed by atoms with Crippen molar-refractivity contribution in [3.8, 4) is 0 Å². The van der Waals surface area contributed by atoms with Crippen LogP contribution in [-0.2, 0) is 28.4 Å². The van der Waals surface area contributed by atoms with Crippen LogP contribution < -0.4 is 0 Å². The van der Waals surface area contributed by atoms with E-state index < -0.39 is 5.41 Å². The molecular weight excluding hydrogens is 264 g/mol. The van der Waals surface area contributed by atoms with Crippen molar-refractivity contribution in [1.82, 2.24) is 9.78 Å². The monoisotopic (exact) mass is 284 g/mol. The normalized spacial score (nSPS) is 17.6. The highest BCUT2D eigenvalue weighted by Crippen LogP contribution is 2.36. The number of Topliss-reactive ketones (excluding diaryl/α,β-unsaturated/α-hetero) is 1. The Kier molecular flexibility index (Phi) is 3.88. The molecule has 0 atom stereocenters. The van der Waals surface area contributed by atoms with E-state index in [1.54, 1.807) is 10.9 Å². The molecule has 1 fully saturated rings. The highest BCUT2D eigenvalue weighted by Gasteiger charge is 2.40. The van der Waals surface area contributed by atoms with Crippen molar-refractivity contribution in [3.63, 3.8) is 0 Å². The van der Waals surface area contributed by atoms with Gasteiger partial charge in [-0.05, 0) is 24.0 Å². The van der Waals surface area contributed by atoms with Crippen molar-refractivity contribution in [2.45, 2.75) is 24.7 Å². The van der Waals surface area contributed by atoms with Crippen LogP contribution in [0.1, 0.15) is 24.0 Å². The highest BCUT2D eigenvalue weighted by molar-refractivity contribution is 5.91. The van der Waals surface area contributed by atoms with Crippen molar-refractivity contribution in [1.29, 1.82) is 0 Å². The summed E-state index contributed by atoms with van der Waals surface area (Å²) in [5, 5.41) is 4.15. The molecule has 3 rings (SSSR count). The molecular formula is C17H20N2O2. The van der Waals surface area contributed by atoms with Gasteiger partial charge < -0.3 is 4.74 Å². The van der Waals surface area contributed by atoms with E-state index in [9.17, 15) is 4.79 Å². The predicted octanol–water partition coefficient (Wildman–Crippen LogP) is 2.28. The third-order valence-electron chi connectivity index (χ3n) is 4.33. The quantitative estimate of drug-likeness (QED) is 0.865. The fraction of sp³-hybridized carbons (Fsp3) is 0.412. The van der Waals surface area contributed by atoms with Gasteiger partial charge >= 0.3 is 0 Å². The van der Waals surface area contributed by atoms with Crippen LogP contribution in [0, 0.1) is 0 Å². The van der Waals surface area contributed by atoms with E-state index in [1.807, 2.05) is 31.4 Å². The molecule has 0 N–H and O–H groups in total. The Morgan fingerprint density at radius 3 is 2.62 bits per heavy atom. The molecule has 2 aromatic rings. The van der Waals surface area contributed by atoms with Crippen molar-refractivity contribution in [2.24, 2.45) is 7.05 Å². The molecule has 0 bridgehead atoms. The van der Waals surface area contributed by atoms with Crippen LogP contribution in [0.25, 0.3) is 0 Å². The summed E-state index contributed by atoms with van der Waals surface area (Å²) in [4.78, 5) is 13.0. The first-order valence-corrected chi connectivity index (χ1v) is 7.35. The van der Waals surface area contributed by atoms with Gasteiger partial charge in [0.05, 0.1) is 11.6 Å². The Bertz CT molecular complexity index is 613. The number of carbonyl (C=O) groups is 1. The van der Waals surface area contributed by atoms with Crippen molar-refractivity contribution in [3.05, 3.63) is 53.9 Å². The lowest BCUT2D eigenvalue weighted by Crippen LogP contribution is -2.42. The van der Waals surface area contributed by atoms with E-state index in [4.69, 9.17) is 4.74 Å². The SMILES string of the molecule is Cn1cc(CC(=O)C2(c3ccccc3)CCOCC2)cn1. The second kappa shape index (κ2) is 5.82. The standard InChI is InChI=1S/C17H20N2O2/c1-19-13-14(12-18-19)11-16(20)17(7-9-21-10-8-17)15-5-3-2-4-6-15/h2-6,12-13H,7-11H2,1H3. The minimum absolute atomic E-state index is 0.269. The van der Waals surface area contributed by atoms with Crippen LogP contribution in [-0.4, -0.2) is 28.8 Å². The van der Waals surface area contributed by atoms with Gasteiger partial charge in [0.25, 0.3) is 0 Å². The summed E-state index contributed by atoms with van der Waals surface area (Å²) in [5.74, 6) is 0.269. The fourth-order valence-electron chi connectivity index (χ4n) is 3.12. The molecule has 0 radical (unpaired) electrons. The first kappa shape index (κ1) is 14.0. The average Bonchev–Trinajstić information content (AvgIpc) is 2.94. The molecule has 0 unspecified atom stereocenters. The van der Waals surface area contributed by atoms with Crippen LogP contribution in [0.15, 0.2) is 42.7 Å². The zero-order valence-electron chi connectivity index (χ0n) is 12.3. The van der Waals surface area contributed by atoms with Crippen molar-refractivity contribution >= 4 is 5.78 Å². The molecule has 2 heterocycles. The second-order valence-corrected chi connectivity index (χ2v) is 5.68. The molecule has 110 valence electrons. The van der Waals surface area contributed by atoms with E-state index >= 15 is 0 Å². The van der Waals surface area contributed by atoms with Gasteiger partial charge in [-0.3, -0.25) is 9.48 Å². The first-order chi connectivity index (χ1) is 10.2. The maximum atomic E-state index is 13.0. The smallest absolute Gasteiger partial charge is 0.148 e. The van der Waals surface area contributed by atoms with Crippen LogP contribution >= 0.6 is 0 Å². The number of nitrogens with zero attached hydrogens (tertiary/aromatic N) is 2. The van der Waals surface area contributed by atoms with Crippen molar-refractivity contribution in [2.75, 3.05) is 13.2 Å². The average molecular weight is 284 g/mol. The first-order valence-electron chi connectivity index (χ1n) is 7.35. The third kappa shape index (κ3) is 2.76. The third-order valence-corrected chi connectivity index (χ3v) is 4.33. The van der Waals surface area contributed by atoms with E-state index in [2.05, 4.69) is 17.2 Å². The number of ketones is 1. The summed E-state index contributed by atoms with van der Waals surface area (Å²) in [7, 11) is 1.87. The maximum Gasteiger partial charge on any atom is 0.148 e. The summed E-state index contributed by atoms with van der Waals surface area (Å²) >= 11 is 0. The zero-order chi connectivity index (χ0) is 14.7. The Morgan fingerprint density at radius 1 is 1.29 bits per heavy atom. The molecule has 0 spiro atoms. The number of carbonyl (C=O) groups excluding carboxylic acids is 1. The minimum Gasteiger partial charge on any atom is -0.381 e. The number of ether oxygens (including phenoxy) is 1. The molecule has 1 saturated heterocycles. The van der Waals surface area contributed by atoms with Crippen LogP contribution in [0.5, 0.6) is 0 Å². The molecule has 4 heteroatoms. The number of hydrogen-bond donors (Lipinski definition) is 0. The van der Waals surface area contributed by atoms with E-state index in [0.29, 0.717) is 19.6 Å². The Labute approximate surface area is 124 Å². The molecule has 0 aliphatic carbocycles. The fourth-order valence-corrected chi connectivity index (χ4v) is 3.12. The van der Waals surface area contributed by atoms with Gasteiger partial charge in [0, 0.05) is 32.9 Å². The Balaban J connectivity index is 1.90. The van der Waals surface area contributed by atoms with E-state index in [1.165, 1.54) is 0 Å². The lowest BCUT2D eigenvalue weighted by Gasteiger charge is -2.36. The molecule has 21 heavy (non-hydrogen) atoms. The van der Waals surface area contributed by atoms with Gasteiger partial charge in [-0.2, -0.15) is 5.10 Å². The number of aryl methyl sites for hydroxylation is 1. The second-order valence-electron chi connectivity index (χ2n) is 5.68. The number of hydrogen-bond acceptors (Lipinski definition) is 3. The summed E-state index contributed by atoms with van der Waals surface area (Å²) < 4.78 is 7.22. The lowest BCUT2D eigenvalue weighted by atomic mass is 9.70. The van der Waals surface area contributed by atoms with Gasteiger partial charge in [-0.25, -0.2) is 0 Å². The van der Waals surface area contributed by atoms with Crippen LogP contribution in [0.3, 0.4) is 0 Å². The summed E-state index contributed by atoms with van der Waals surface area (Å²) in [6, 6.07) is 10.1. The lowest BCUT2D eigenvalue weighted by molar-refractivity contribution is -0.127. The summed E-state index contributed by atoms with van der Waals surface area (Å²) in [5.41, 5.74) is 1.68.